The van der Waals surface area contributed by atoms with Gasteiger partial charge in [-0.2, -0.15) is 0 Å². The third-order valence-electron chi connectivity index (χ3n) is 5.58. The molecule has 206 valence electrons. The third-order valence-corrected chi connectivity index (χ3v) is 5.58. The zero-order valence-corrected chi connectivity index (χ0v) is 34.2. The summed E-state index contributed by atoms with van der Waals surface area (Å²) in [6.07, 6.45) is 13.5. The average Bonchev–Trinajstić information content (AvgIpc) is 2.76. The van der Waals surface area contributed by atoms with Crippen LogP contribution in [0.25, 0.3) is 0 Å². The van der Waals surface area contributed by atoms with Crippen molar-refractivity contribution in [3.63, 3.8) is 0 Å². The molecule has 0 aromatic rings. The molecule has 3 rings (SSSR count). The quantitative estimate of drug-likeness (QED) is 0.242. The maximum atomic E-state index is 9.35. The minimum atomic E-state index is -0.722. The Bertz CT molecular complexity index is 802. The van der Waals surface area contributed by atoms with Crippen molar-refractivity contribution in [2.75, 3.05) is 0 Å². The first-order chi connectivity index (χ1) is 16.5. The van der Waals surface area contributed by atoms with Crippen LogP contribution in [0, 0.1) is 113 Å². The van der Waals surface area contributed by atoms with Crippen molar-refractivity contribution in [3.8, 4) is 0 Å². The predicted molar refractivity (Wildman–Crippen MR) is 141 cm³/mol. The summed E-state index contributed by atoms with van der Waals surface area (Å²) in [6, 6.07) is 0. The van der Waals surface area contributed by atoms with Crippen molar-refractivity contribution in [2.24, 2.45) is 0 Å². The molecule has 9 heteroatoms. The van der Waals surface area contributed by atoms with Gasteiger partial charge in [-0.1, -0.05) is 110 Å². The van der Waals surface area contributed by atoms with Crippen molar-refractivity contribution in [1.82, 2.24) is 0 Å². The molecule has 0 saturated heterocycles. The average molecular weight is 1200 g/mol. The van der Waals surface area contributed by atoms with Gasteiger partial charge in [0.05, 0.1) is 0 Å². The standard InChI is InChI=1S/2C10H13O2.C9H13O2.3U/c2*1-3-4-8-5-9(11)6-10(12)7(8)2;1-2-3-7-4-8(10)6-9(11)5-7;;;/h2*3-4,6,9-12H,1-2,5H2;2-3,6,8-11H,1,4-5H2;;;/q3*-1;;;/b8-4+;8-4-;;;;/t2*9-,10+;8-,9-;;;/m111.../s1. The molecular formula is C29H39O6U3-3. The van der Waals surface area contributed by atoms with Gasteiger partial charge in [0.15, 0.2) is 0 Å². The van der Waals surface area contributed by atoms with Gasteiger partial charge in [-0.15, -0.1) is 0 Å². The van der Waals surface area contributed by atoms with E-state index < -0.39 is 36.6 Å². The Labute approximate surface area is 299 Å². The van der Waals surface area contributed by atoms with E-state index in [9.17, 15) is 30.6 Å². The molecule has 6 N–H and O–H groups in total. The summed E-state index contributed by atoms with van der Waals surface area (Å²) in [6.45, 7) is 18.1. The largest absolute Gasteiger partial charge is 0.425 e. The molecule has 6 atom stereocenters. The van der Waals surface area contributed by atoms with Crippen LogP contribution in [-0.2, 0) is 0 Å². The zero-order chi connectivity index (χ0) is 26.5. The molecule has 3 aliphatic rings. The van der Waals surface area contributed by atoms with Crippen molar-refractivity contribution in [1.29, 1.82) is 0 Å². The Hall–Kier alpha value is 0.836. The van der Waals surface area contributed by atoms with Gasteiger partial charge in [0.2, 0.25) is 0 Å². The van der Waals surface area contributed by atoms with Gasteiger partial charge in [0, 0.05) is 93.3 Å². The molecule has 0 radical (unpaired) electrons. The van der Waals surface area contributed by atoms with Crippen LogP contribution in [0.15, 0.2) is 97.2 Å². The number of hydrogen-bond acceptors (Lipinski definition) is 6. The maximum Gasteiger partial charge on any atom is 0 e. The van der Waals surface area contributed by atoms with Gasteiger partial charge in [-0.25, -0.2) is 0 Å². The first kappa shape index (κ1) is 43.3. The van der Waals surface area contributed by atoms with E-state index in [1.165, 1.54) is 12.8 Å². The molecule has 0 amide bonds. The van der Waals surface area contributed by atoms with Gasteiger partial charge in [0.1, 0.15) is 0 Å². The van der Waals surface area contributed by atoms with Crippen LogP contribution >= 0.6 is 0 Å². The molecule has 0 bridgehead atoms. The summed E-state index contributed by atoms with van der Waals surface area (Å²) in [5, 5.41) is 55.6. The molecule has 3 saturated carbocycles. The van der Waals surface area contributed by atoms with Crippen LogP contribution in [0.4, 0.5) is 0 Å². The Morgan fingerprint density at radius 1 is 0.526 bits per heavy atom. The molecule has 38 heavy (non-hydrogen) atoms. The van der Waals surface area contributed by atoms with E-state index in [-0.39, 0.29) is 93.3 Å². The Morgan fingerprint density at radius 3 is 1.16 bits per heavy atom. The van der Waals surface area contributed by atoms with E-state index in [4.69, 9.17) is 0 Å². The van der Waals surface area contributed by atoms with Crippen molar-refractivity contribution in [2.45, 2.75) is 62.3 Å². The Balaban J connectivity index is -0.000000466. The fourth-order valence-electron chi connectivity index (χ4n) is 3.83. The summed E-state index contributed by atoms with van der Waals surface area (Å²) < 4.78 is 0. The van der Waals surface area contributed by atoms with E-state index >= 15 is 0 Å². The molecular weight excluding hydrogens is 1160 g/mol. The van der Waals surface area contributed by atoms with Gasteiger partial charge in [-0.05, 0) is 49.0 Å². The minimum absolute atomic E-state index is 0. The number of hydrogen-bond donors (Lipinski definition) is 6. The molecule has 3 aliphatic carbocycles. The van der Waals surface area contributed by atoms with Gasteiger partial charge >= 0.3 is 0 Å². The number of rotatable bonds is 3. The van der Waals surface area contributed by atoms with Crippen LogP contribution in [0.1, 0.15) is 25.7 Å². The van der Waals surface area contributed by atoms with Crippen LogP contribution in [0.2, 0.25) is 0 Å². The molecule has 0 spiro atoms. The van der Waals surface area contributed by atoms with Crippen LogP contribution < -0.4 is 0 Å². The maximum absolute atomic E-state index is 9.35. The van der Waals surface area contributed by atoms with E-state index in [0.29, 0.717) is 36.8 Å². The first-order valence-corrected chi connectivity index (χ1v) is 11.5. The number of allylic oxidation sites excluding steroid dienone is 6. The van der Waals surface area contributed by atoms with Gasteiger partial charge in [-0.3, -0.25) is 19.3 Å². The van der Waals surface area contributed by atoms with Gasteiger partial charge in [0.25, 0.3) is 0 Å². The van der Waals surface area contributed by atoms with E-state index in [2.05, 4.69) is 32.9 Å². The first-order valence-electron chi connectivity index (χ1n) is 11.5. The summed E-state index contributed by atoms with van der Waals surface area (Å²) in [5.74, 6) is 0. The summed E-state index contributed by atoms with van der Waals surface area (Å²) >= 11 is 0. The van der Waals surface area contributed by atoms with E-state index in [1.807, 2.05) is 6.08 Å². The third kappa shape index (κ3) is 16.3. The molecule has 0 aliphatic heterocycles. The molecule has 0 unspecified atom stereocenters. The molecule has 0 heterocycles. The fourth-order valence-corrected chi connectivity index (χ4v) is 3.83. The minimum Gasteiger partial charge on any atom is -0.425 e. The smallest absolute Gasteiger partial charge is 0 e. The Morgan fingerprint density at radius 2 is 0.842 bits per heavy atom. The summed E-state index contributed by atoms with van der Waals surface area (Å²) in [5.41, 5.74) is 4.10. The number of aliphatic hydroxyl groups excluding tert-OH is 6. The topological polar surface area (TPSA) is 121 Å². The normalized spacial score (nSPS) is 30.5. The van der Waals surface area contributed by atoms with Crippen molar-refractivity contribution in [3.05, 3.63) is 116 Å². The van der Waals surface area contributed by atoms with Crippen molar-refractivity contribution >= 4 is 0 Å². The van der Waals surface area contributed by atoms with Crippen LogP contribution in [-0.4, -0.2) is 67.3 Å². The predicted octanol–water partition coefficient (Wildman–Crippen LogP) is 2.79. The van der Waals surface area contributed by atoms with Crippen LogP contribution in [0.5, 0.6) is 0 Å². The fraction of sp³-hybridized carbons (Fsp3) is 0.345. The monoisotopic (exact) mass is 1200 g/mol. The SMILES string of the molecule is C=C/C=C1/C[C@@H](O)[CH-][C@H](O)C1=C.C=C/C=C1\C[C@@H](O)[CH-][C@H](O)C1=C.C=CC=C1C[C@@H](O)[CH-][C@H](O)C1.[U].[U].[U]. The Kier molecular flexibility index (Phi) is 26.7. The molecule has 0 aromatic heterocycles. The molecule has 0 aromatic carbocycles. The van der Waals surface area contributed by atoms with Crippen LogP contribution in [0.3, 0.4) is 0 Å². The number of aliphatic hydroxyl groups is 6. The van der Waals surface area contributed by atoms with Gasteiger partial charge < -0.3 is 30.6 Å². The van der Waals surface area contributed by atoms with E-state index in [0.717, 1.165) is 16.7 Å². The zero-order valence-electron chi connectivity index (χ0n) is 21.7. The second-order valence-electron chi connectivity index (χ2n) is 8.52. The molecule has 3 fully saturated rings. The summed E-state index contributed by atoms with van der Waals surface area (Å²) in [4.78, 5) is 0. The second kappa shape index (κ2) is 23.4. The summed E-state index contributed by atoms with van der Waals surface area (Å²) in [7, 11) is 0. The van der Waals surface area contributed by atoms with Crippen molar-refractivity contribution < 1.29 is 124 Å². The second-order valence-corrected chi connectivity index (χ2v) is 8.52. The molecule has 6 nitrogen and oxygen atoms in total. The van der Waals surface area contributed by atoms with E-state index in [1.54, 1.807) is 36.8 Å².